The van der Waals surface area contributed by atoms with E-state index in [2.05, 4.69) is 5.32 Å². The Morgan fingerprint density at radius 2 is 1.68 bits per heavy atom. The van der Waals surface area contributed by atoms with Crippen molar-refractivity contribution >= 4 is 33.2 Å². The SMILES string of the molecule is O=C(NCCCS(=O)(=O)N1CCN(c2ccccc2F)CC1)C1CC(=O)N(c2ccccc2)C1. The average Bonchev–Trinajstić information content (AvgIpc) is 3.24. The zero-order valence-electron chi connectivity index (χ0n) is 18.9. The number of hydrogen-bond donors (Lipinski definition) is 1. The van der Waals surface area contributed by atoms with Gasteiger partial charge in [-0.15, -0.1) is 0 Å². The van der Waals surface area contributed by atoms with Crippen molar-refractivity contribution in [2.24, 2.45) is 5.92 Å². The second-order valence-electron chi connectivity index (χ2n) is 8.54. The summed E-state index contributed by atoms with van der Waals surface area (Å²) in [7, 11) is -3.47. The first-order valence-corrected chi connectivity index (χ1v) is 13.1. The summed E-state index contributed by atoms with van der Waals surface area (Å²) in [5, 5.41) is 2.78. The zero-order valence-corrected chi connectivity index (χ0v) is 19.7. The standard InChI is InChI=1S/C24H29FN4O4S/c25-21-9-4-5-10-22(21)27-12-14-28(15-13-27)34(32,33)16-6-11-26-24(31)19-17-23(30)29(18-19)20-7-2-1-3-8-20/h1-5,7-10,19H,6,11-18H2,(H,26,31). The number of para-hydroxylation sites is 2. The maximum absolute atomic E-state index is 14.0. The minimum atomic E-state index is -3.47. The van der Waals surface area contributed by atoms with Gasteiger partial charge in [0.15, 0.2) is 0 Å². The predicted molar refractivity (Wildman–Crippen MR) is 129 cm³/mol. The van der Waals surface area contributed by atoms with Crippen molar-refractivity contribution < 1.29 is 22.4 Å². The summed E-state index contributed by atoms with van der Waals surface area (Å²) >= 11 is 0. The van der Waals surface area contributed by atoms with E-state index in [1.165, 1.54) is 10.4 Å². The highest BCUT2D eigenvalue weighted by Gasteiger charge is 2.35. The molecule has 0 bridgehead atoms. The molecule has 2 aliphatic rings. The number of piperazine rings is 1. The van der Waals surface area contributed by atoms with Crippen molar-refractivity contribution in [1.82, 2.24) is 9.62 Å². The number of benzene rings is 2. The van der Waals surface area contributed by atoms with Crippen LogP contribution >= 0.6 is 0 Å². The topological polar surface area (TPSA) is 90.0 Å². The maximum Gasteiger partial charge on any atom is 0.227 e. The number of carbonyl (C=O) groups excluding carboxylic acids is 2. The summed E-state index contributed by atoms with van der Waals surface area (Å²) in [6.45, 7) is 1.97. The third-order valence-corrected chi connectivity index (χ3v) is 8.22. The van der Waals surface area contributed by atoms with Gasteiger partial charge in [0.05, 0.1) is 17.4 Å². The molecule has 4 rings (SSSR count). The Kier molecular flexibility index (Phi) is 7.47. The third-order valence-electron chi connectivity index (χ3n) is 6.27. The largest absolute Gasteiger partial charge is 0.367 e. The van der Waals surface area contributed by atoms with Crippen LogP contribution in [0.4, 0.5) is 15.8 Å². The molecule has 0 radical (unpaired) electrons. The number of halogens is 1. The van der Waals surface area contributed by atoms with Gasteiger partial charge in [0, 0.05) is 51.4 Å². The summed E-state index contributed by atoms with van der Waals surface area (Å²) in [4.78, 5) is 28.3. The van der Waals surface area contributed by atoms with Crippen LogP contribution in [0.2, 0.25) is 0 Å². The molecule has 1 atom stereocenters. The fraction of sp³-hybridized carbons (Fsp3) is 0.417. The number of hydrogen-bond acceptors (Lipinski definition) is 5. The number of sulfonamides is 1. The Labute approximate surface area is 199 Å². The molecule has 2 aromatic rings. The van der Waals surface area contributed by atoms with Crippen LogP contribution < -0.4 is 15.1 Å². The van der Waals surface area contributed by atoms with Gasteiger partial charge in [-0.1, -0.05) is 30.3 Å². The van der Waals surface area contributed by atoms with E-state index in [1.54, 1.807) is 23.1 Å². The van der Waals surface area contributed by atoms with E-state index in [-0.39, 0.29) is 42.8 Å². The molecule has 0 saturated carbocycles. The van der Waals surface area contributed by atoms with Gasteiger partial charge < -0.3 is 15.1 Å². The van der Waals surface area contributed by atoms with Gasteiger partial charge in [0.2, 0.25) is 21.8 Å². The van der Waals surface area contributed by atoms with Crippen molar-refractivity contribution in [2.45, 2.75) is 12.8 Å². The molecule has 8 nitrogen and oxygen atoms in total. The van der Waals surface area contributed by atoms with Gasteiger partial charge in [0.1, 0.15) is 5.82 Å². The lowest BCUT2D eigenvalue weighted by molar-refractivity contribution is -0.126. The maximum atomic E-state index is 14.0. The summed E-state index contributed by atoms with van der Waals surface area (Å²) in [6, 6.07) is 15.7. The molecular weight excluding hydrogens is 459 g/mol. The number of carbonyl (C=O) groups is 2. The van der Waals surface area contributed by atoms with Crippen LogP contribution in [-0.2, 0) is 19.6 Å². The number of anilines is 2. The Morgan fingerprint density at radius 3 is 2.38 bits per heavy atom. The lowest BCUT2D eigenvalue weighted by atomic mass is 10.1. The molecule has 1 N–H and O–H groups in total. The molecule has 2 aliphatic heterocycles. The van der Waals surface area contributed by atoms with Gasteiger partial charge in [-0.25, -0.2) is 12.8 Å². The van der Waals surface area contributed by atoms with Crippen LogP contribution in [0.1, 0.15) is 12.8 Å². The molecular formula is C24H29FN4O4S. The summed E-state index contributed by atoms with van der Waals surface area (Å²) in [5.41, 5.74) is 1.25. The lowest BCUT2D eigenvalue weighted by Crippen LogP contribution is -2.49. The molecule has 2 amide bonds. The van der Waals surface area contributed by atoms with Crippen LogP contribution in [0.3, 0.4) is 0 Å². The molecule has 2 saturated heterocycles. The van der Waals surface area contributed by atoms with Crippen molar-refractivity contribution in [3.05, 3.63) is 60.4 Å². The fourth-order valence-corrected chi connectivity index (χ4v) is 5.88. The molecule has 2 fully saturated rings. The van der Waals surface area contributed by atoms with E-state index >= 15 is 0 Å². The second-order valence-corrected chi connectivity index (χ2v) is 10.6. The fourth-order valence-electron chi connectivity index (χ4n) is 4.40. The number of nitrogens with zero attached hydrogens (tertiary/aromatic N) is 3. The van der Waals surface area contributed by atoms with E-state index in [9.17, 15) is 22.4 Å². The van der Waals surface area contributed by atoms with E-state index < -0.39 is 15.9 Å². The Morgan fingerprint density at radius 1 is 1.00 bits per heavy atom. The summed E-state index contributed by atoms with van der Waals surface area (Å²) < 4.78 is 40.8. The third kappa shape index (κ3) is 5.56. The van der Waals surface area contributed by atoms with Crippen molar-refractivity contribution in [2.75, 3.05) is 54.8 Å². The Bertz CT molecular complexity index is 1120. The highest BCUT2D eigenvalue weighted by Crippen LogP contribution is 2.25. The molecule has 0 spiro atoms. The number of rotatable bonds is 8. The van der Waals surface area contributed by atoms with Gasteiger partial charge in [-0.05, 0) is 30.7 Å². The number of nitrogens with one attached hydrogen (secondary N) is 1. The number of amides is 2. The van der Waals surface area contributed by atoms with Crippen LogP contribution in [0.5, 0.6) is 0 Å². The van der Waals surface area contributed by atoms with Crippen molar-refractivity contribution in [3.63, 3.8) is 0 Å². The quantitative estimate of drug-likeness (QED) is 0.573. The minimum absolute atomic E-state index is 0.0767. The molecule has 1 unspecified atom stereocenters. The van der Waals surface area contributed by atoms with Gasteiger partial charge >= 0.3 is 0 Å². The average molecular weight is 489 g/mol. The highest BCUT2D eigenvalue weighted by molar-refractivity contribution is 7.89. The first-order valence-electron chi connectivity index (χ1n) is 11.5. The second kappa shape index (κ2) is 10.5. The molecule has 2 heterocycles. The van der Waals surface area contributed by atoms with E-state index in [1.807, 2.05) is 35.2 Å². The minimum Gasteiger partial charge on any atom is -0.367 e. The molecule has 10 heteroatoms. The molecule has 0 aliphatic carbocycles. The molecule has 2 aromatic carbocycles. The van der Waals surface area contributed by atoms with E-state index in [0.29, 0.717) is 38.4 Å². The summed E-state index contributed by atoms with van der Waals surface area (Å²) in [6.07, 6.45) is 0.427. The normalized spacial score (nSPS) is 19.4. The first-order chi connectivity index (χ1) is 16.3. The van der Waals surface area contributed by atoms with Crippen LogP contribution in [0.15, 0.2) is 54.6 Å². The monoisotopic (exact) mass is 488 g/mol. The summed E-state index contributed by atoms with van der Waals surface area (Å²) in [5.74, 6) is -1.17. The Hall–Kier alpha value is -2.98. The molecule has 34 heavy (non-hydrogen) atoms. The van der Waals surface area contributed by atoms with Crippen LogP contribution in [0.25, 0.3) is 0 Å². The smallest absolute Gasteiger partial charge is 0.227 e. The van der Waals surface area contributed by atoms with Gasteiger partial charge in [-0.3, -0.25) is 9.59 Å². The van der Waals surface area contributed by atoms with Crippen LogP contribution in [-0.4, -0.2) is 69.6 Å². The van der Waals surface area contributed by atoms with E-state index in [0.717, 1.165) is 5.69 Å². The van der Waals surface area contributed by atoms with Gasteiger partial charge in [-0.2, -0.15) is 4.31 Å². The molecule has 182 valence electrons. The zero-order chi connectivity index (χ0) is 24.1. The van der Waals surface area contributed by atoms with Crippen LogP contribution in [0, 0.1) is 11.7 Å². The predicted octanol–water partition coefficient (Wildman–Crippen LogP) is 1.84. The van der Waals surface area contributed by atoms with Gasteiger partial charge in [0.25, 0.3) is 0 Å². The first kappa shape index (κ1) is 24.2. The van der Waals surface area contributed by atoms with Crippen molar-refractivity contribution in [1.29, 1.82) is 0 Å². The molecule has 0 aromatic heterocycles. The van der Waals surface area contributed by atoms with E-state index in [4.69, 9.17) is 0 Å². The van der Waals surface area contributed by atoms with Crippen molar-refractivity contribution in [3.8, 4) is 0 Å². The Balaban J connectivity index is 1.20. The highest BCUT2D eigenvalue weighted by atomic mass is 32.2. The lowest BCUT2D eigenvalue weighted by Gasteiger charge is -2.35.